The van der Waals surface area contributed by atoms with E-state index in [4.69, 9.17) is 11.6 Å². The number of halogens is 1. The molecule has 1 amide bonds. The van der Waals surface area contributed by atoms with Gasteiger partial charge in [0.2, 0.25) is 5.91 Å². The second-order valence-electron chi connectivity index (χ2n) is 8.03. The summed E-state index contributed by atoms with van der Waals surface area (Å²) in [7, 11) is 1.85. The number of nitrogens with zero attached hydrogens (tertiary/aromatic N) is 4. The molecule has 1 aromatic heterocycles. The van der Waals surface area contributed by atoms with Gasteiger partial charge in [-0.05, 0) is 37.5 Å². The number of hydrogen-bond donors (Lipinski definition) is 0. The molecule has 0 aliphatic heterocycles. The van der Waals surface area contributed by atoms with Crippen molar-refractivity contribution in [2.45, 2.75) is 55.6 Å². The lowest BCUT2D eigenvalue weighted by molar-refractivity contribution is -0.129. The van der Waals surface area contributed by atoms with Crippen LogP contribution in [-0.2, 0) is 11.3 Å². The van der Waals surface area contributed by atoms with E-state index in [2.05, 4.69) is 14.8 Å². The van der Waals surface area contributed by atoms with Crippen molar-refractivity contribution in [1.29, 1.82) is 0 Å². The Morgan fingerprint density at radius 3 is 2.52 bits per heavy atom. The molecule has 2 aromatic carbocycles. The first-order valence-corrected chi connectivity index (χ1v) is 12.0. The van der Waals surface area contributed by atoms with Gasteiger partial charge in [0.05, 0.1) is 10.3 Å². The highest BCUT2D eigenvalue weighted by atomic mass is 35.5. The van der Waals surface area contributed by atoms with Gasteiger partial charge in [-0.1, -0.05) is 78.7 Å². The van der Waals surface area contributed by atoms with Crippen LogP contribution in [0.5, 0.6) is 0 Å². The van der Waals surface area contributed by atoms with Crippen molar-refractivity contribution in [3.05, 3.63) is 65.2 Å². The van der Waals surface area contributed by atoms with Crippen LogP contribution in [0.3, 0.4) is 0 Å². The summed E-state index contributed by atoms with van der Waals surface area (Å²) < 4.78 is 2.21. The van der Waals surface area contributed by atoms with E-state index in [1.165, 1.54) is 24.6 Å². The molecule has 1 aliphatic carbocycles. The lowest BCUT2D eigenvalue weighted by Gasteiger charge is -2.22. The molecule has 3 aromatic rings. The fraction of sp³-hybridized carbons (Fsp3) is 0.375. The summed E-state index contributed by atoms with van der Waals surface area (Å²) in [5.41, 5.74) is 2.00. The summed E-state index contributed by atoms with van der Waals surface area (Å²) in [5.74, 6) is 0.867. The standard InChI is InChI=1S/C24H27ClN4OS/c1-17(23(30)28(2)16-18-10-4-3-5-11-18)31-24-27-26-22(20-14-8-9-15-21(20)25)29(24)19-12-6-7-13-19/h3-5,8-11,14-15,17,19H,6-7,12-13,16H2,1-2H3. The third kappa shape index (κ3) is 4.96. The molecule has 0 spiro atoms. The van der Waals surface area contributed by atoms with Gasteiger partial charge in [-0.2, -0.15) is 0 Å². The number of carbonyl (C=O) groups is 1. The van der Waals surface area contributed by atoms with Gasteiger partial charge in [0.25, 0.3) is 0 Å². The number of carbonyl (C=O) groups excluding carboxylic acids is 1. The van der Waals surface area contributed by atoms with E-state index in [1.807, 2.05) is 68.6 Å². The summed E-state index contributed by atoms with van der Waals surface area (Å²) in [6.45, 7) is 2.53. The van der Waals surface area contributed by atoms with Crippen molar-refractivity contribution >= 4 is 29.3 Å². The molecule has 4 rings (SSSR count). The minimum atomic E-state index is -0.267. The van der Waals surface area contributed by atoms with Crippen LogP contribution in [0, 0.1) is 0 Å². The number of rotatable bonds is 7. The van der Waals surface area contributed by atoms with E-state index in [-0.39, 0.29) is 11.2 Å². The zero-order chi connectivity index (χ0) is 21.8. The molecule has 1 saturated carbocycles. The summed E-state index contributed by atoms with van der Waals surface area (Å²) >= 11 is 7.95. The minimum absolute atomic E-state index is 0.0779. The summed E-state index contributed by atoms with van der Waals surface area (Å²) in [6, 6.07) is 18.1. The third-order valence-corrected chi connectivity index (χ3v) is 7.11. The van der Waals surface area contributed by atoms with Crippen LogP contribution in [0.2, 0.25) is 5.02 Å². The highest BCUT2D eigenvalue weighted by Gasteiger charge is 2.28. The van der Waals surface area contributed by atoms with Crippen LogP contribution in [0.4, 0.5) is 0 Å². The van der Waals surface area contributed by atoms with Gasteiger partial charge in [0, 0.05) is 25.2 Å². The lowest BCUT2D eigenvalue weighted by atomic mass is 10.2. The molecule has 1 atom stereocenters. The molecule has 7 heteroatoms. The highest BCUT2D eigenvalue weighted by molar-refractivity contribution is 8.00. The molecule has 1 unspecified atom stereocenters. The fourth-order valence-electron chi connectivity index (χ4n) is 4.13. The van der Waals surface area contributed by atoms with Crippen molar-refractivity contribution < 1.29 is 4.79 Å². The van der Waals surface area contributed by atoms with E-state index in [1.54, 1.807) is 4.90 Å². The molecular formula is C24H27ClN4OS. The van der Waals surface area contributed by atoms with Gasteiger partial charge >= 0.3 is 0 Å². The third-order valence-electron chi connectivity index (χ3n) is 5.74. The van der Waals surface area contributed by atoms with Gasteiger partial charge in [-0.25, -0.2) is 0 Å². The maximum atomic E-state index is 13.0. The predicted molar refractivity (Wildman–Crippen MR) is 126 cm³/mol. The van der Waals surface area contributed by atoms with Crippen molar-refractivity contribution in [3.63, 3.8) is 0 Å². The second kappa shape index (κ2) is 9.88. The van der Waals surface area contributed by atoms with E-state index in [0.717, 1.165) is 34.9 Å². The van der Waals surface area contributed by atoms with Crippen molar-refractivity contribution in [2.75, 3.05) is 7.05 Å². The molecule has 0 N–H and O–H groups in total. The van der Waals surface area contributed by atoms with Crippen LogP contribution >= 0.6 is 23.4 Å². The normalized spacial score (nSPS) is 15.2. The van der Waals surface area contributed by atoms with Crippen molar-refractivity contribution in [1.82, 2.24) is 19.7 Å². The summed E-state index contributed by atoms with van der Waals surface area (Å²) in [4.78, 5) is 14.8. The SMILES string of the molecule is CC(Sc1nnc(-c2ccccc2Cl)n1C1CCCC1)C(=O)N(C)Cc1ccccc1. The van der Waals surface area contributed by atoms with Crippen LogP contribution < -0.4 is 0 Å². The number of aromatic nitrogens is 3. The van der Waals surface area contributed by atoms with Crippen molar-refractivity contribution in [2.24, 2.45) is 0 Å². The Labute approximate surface area is 192 Å². The monoisotopic (exact) mass is 454 g/mol. The first-order chi connectivity index (χ1) is 15.0. The first kappa shape index (κ1) is 21.9. The van der Waals surface area contributed by atoms with Gasteiger partial charge in [-0.3, -0.25) is 9.36 Å². The second-order valence-corrected chi connectivity index (χ2v) is 9.75. The van der Waals surface area contributed by atoms with Gasteiger partial charge in [-0.15, -0.1) is 10.2 Å². The molecule has 1 heterocycles. The molecular weight excluding hydrogens is 428 g/mol. The van der Waals surface area contributed by atoms with E-state index in [9.17, 15) is 4.79 Å². The largest absolute Gasteiger partial charge is 0.340 e. The van der Waals surface area contributed by atoms with E-state index < -0.39 is 0 Å². The maximum Gasteiger partial charge on any atom is 0.235 e. The van der Waals surface area contributed by atoms with Gasteiger partial charge in [0.15, 0.2) is 11.0 Å². The number of amides is 1. The maximum absolute atomic E-state index is 13.0. The quantitative estimate of drug-likeness (QED) is 0.420. The molecule has 1 fully saturated rings. The average Bonchev–Trinajstić information content (AvgIpc) is 3.44. The Hall–Kier alpha value is -2.31. The van der Waals surface area contributed by atoms with Crippen LogP contribution in [0.1, 0.15) is 44.2 Å². The lowest BCUT2D eigenvalue weighted by Crippen LogP contribution is -2.33. The van der Waals surface area contributed by atoms with Crippen LogP contribution in [-0.4, -0.2) is 37.9 Å². The number of hydrogen-bond acceptors (Lipinski definition) is 4. The molecule has 162 valence electrons. The number of benzene rings is 2. The van der Waals surface area contributed by atoms with E-state index >= 15 is 0 Å². The Morgan fingerprint density at radius 2 is 1.81 bits per heavy atom. The molecule has 0 bridgehead atoms. The molecule has 0 saturated heterocycles. The predicted octanol–water partition coefficient (Wildman–Crippen LogP) is 5.85. The van der Waals surface area contributed by atoms with E-state index in [0.29, 0.717) is 17.6 Å². The molecule has 5 nitrogen and oxygen atoms in total. The molecule has 31 heavy (non-hydrogen) atoms. The summed E-state index contributed by atoms with van der Waals surface area (Å²) in [5, 5.41) is 10.2. The van der Waals surface area contributed by atoms with Crippen LogP contribution in [0.25, 0.3) is 11.4 Å². The zero-order valence-electron chi connectivity index (χ0n) is 17.9. The number of thioether (sulfide) groups is 1. The van der Waals surface area contributed by atoms with Gasteiger partial charge in [0.1, 0.15) is 0 Å². The van der Waals surface area contributed by atoms with Crippen molar-refractivity contribution in [3.8, 4) is 11.4 Å². The Bertz CT molecular complexity index is 1030. The van der Waals surface area contributed by atoms with Gasteiger partial charge < -0.3 is 4.90 Å². The smallest absolute Gasteiger partial charge is 0.235 e. The Morgan fingerprint density at radius 1 is 1.13 bits per heavy atom. The highest BCUT2D eigenvalue weighted by Crippen LogP contribution is 2.39. The molecule has 1 aliphatic rings. The Balaban J connectivity index is 1.56. The Kier molecular flexibility index (Phi) is 6.98. The van der Waals surface area contributed by atoms with Crippen LogP contribution in [0.15, 0.2) is 59.8 Å². The minimum Gasteiger partial charge on any atom is -0.340 e. The average molecular weight is 455 g/mol. The first-order valence-electron chi connectivity index (χ1n) is 10.7. The zero-order valence-corrected chi connectivity index (χ0v) is 19.4. The molecule has 0 radical (unpaired) electrons. The topological polar surface area (TPSA) is 51.0 Å². The summed E-state index contributed by atoms with van der Waals surface area (Å²) in [6.07, 6.45) is 4.59. The fourth-order valence-corrected chi connectivity index (χ4v) is 5.38.